The largest absolute Gasteiger partial charge is 0.463 e. The lowest BCUT2D eigenvalue weighted by Crippen LogP contribution is -2.18. The number of fused-ring (bicyclic) bond motifs is 1. The Hall–Kier alpha value is -2.21. The van der Waals surface area contributed by atoms with Gasteiger partial charge >= 0.3 is 0 Å². The second kappa shape index (κ2) is 7.99. The standard InChI is InChI=1S/C20H28N4OSi/c1-5-11-21-20-23-17-15(9-6-7-13-26(2,3)4)14-22-19(17)18(24-20)16-10-8-12-25-16/h5,8,10,12,14-15H,1,6-7,9,11,13H2,2-4H3,(H,21,23,24). The maximum absolute atomic E-state index is 5.57. The molecule has 0 saturated heterocycles. The van der Waals surface area contributed by atoms with Crippen molar-refractivity contribution in [2.24, 2.45) is 4.99 Å². The predicted octanol–water partition coefficient (Wildman–Crippen LogP) is 5.64. The molecule has 1 N–H and O–H groups in total. The number of anilines is 1. The Balaban J connectivity index is 1.80. The fourth-order valence-electron chi connectivity index (χ4n) is 3.15. The van der Waals surface area contributed by atoms with Crippen LogP contribution in [-0.2, 0) is 0 Å². The van der Waals surface area contributed by atoms with Crippen LogP contribution in [0.3, 0.4) is 0 Å². The van der Waals surface area contributed by atoms with Crippen molar-refractivity contribution in [3.8, 4) is 11.5 Å². The molecule has 138 valence electrons. The molecule has 0 fully saturated rings. The summed E-state index contributed by atoms with van der Waals surface area (Å²) < 4.78 is 5.57. The summed E-state index contributed by atoms with van der Waals surface area (Å²) in [6, 6.07) is 5.15. The highest BCUT2D eigenvalue weighted by molar-refractivity contribution is 6.76. The molecule has 1 unspecified atom stereocenters. The maximum atomic E-state index is 5.57. The van der Waals surface area contributed by atoms with E-state index in [9.17, 15) is 0 Å². The van der Waals surface area contributed by atoms with Gasteiger partial charge in [0.05, 0.1) is 12.0 Å². The number of nitrogens with zero attached hydrogens (tertiary/aromatic N) is 3. The summed E-state index contributed by atoms with van der Waals surface area (Å²) in [4.78, 5) is 14.0. The van der Waals surface area contributed by atoms with Gasteiger partial charge in [-0.25, -0.2) is 9.97 Å². The van der Waals surface area contributed by atoms with E-state index < -0.39 is 8.07 Å². The predicted molar refractivity (Wildman–Crippen MR) is 111 cm³/mol. The lowest BCUT2D eigenvalue weighted by molar-refractivity contribution is 0.580. The number of furan rings is 1. The van der Waals surface area contributed by atoms with Crippen LogP contribution in [0.1, 0.15) is 30.9 Å². The van der Waals surface area contributed by atoms with Crippen LogP contribution in [0.5, 0.6) is 0 Å². The molecule has 1 aliphatic heterocycles. The molecular weight excluding hydrogens is 340 g/mol. The molecule has 6 heteroatoms. The molecule has 3 heterocycles. The van der Waals surface area contributed by atoms with Crippen LogP contribution in [0.15, 0.2) is 40.5 Å². The van der Waals surface area contributed by atoms with Crippen molar-refractivity contribution in [2.75, 3.05) is 11.9 Å². The minimum atomic E-state index is -0.966. The average molecular weight is 369 g/mol. The molecule has 2 aromatic rings. The van der Waals surface area contributed by atoms with Crippen molar-refractivity contribution in [3.63, 3.8) is 0 Å². The van der Waals surface area contributed by atoms with E-state index in [1.807, 2.05) is 18.3 Å². The smallest absolute Gasteiger partial charge is 0.223 e. The van der Waals surface area contributed by atoms with Gasteiger partial charge in [0.1, 0.15) is 11.4 Å². The summed E-state index contributed by atoms with van der Waals surface area (Å²) in [6.07, 6.45) is 9.05. The summed E-state index contributed by atoms with van der Waals surface area (Å²) in [7, 11) is -0.966. The molecule has 0 bridgehead atoms. The van der Waals surface area contributed by atoms with Crippen molar-refractivity contribution in [1.29, 1.82) is 0 Å². The van der Waals surface area contributed by atoms with Gasteiger partial charge in [0.15, 0.2) is 5.76 Å². The van der Waals surface area contributed by atoms with E-state index in [-0.39, 0.29) is 5.92 Å². The third-order valence-corrected chi connectivity index (χ3v) is 6.35. The fraction of sp³-hybridized carbons (Fsp3) is 0.450. The van der Waals surface area contributed by atoms with Crippen molar-refractivity contribution in [2.45, 2.75) is 50.9 Å². The summed E-state index contributed by atoms with van der Waals surface area (Å²) >= 11 is 0. The van der Waals surface area contributed by atoms with E-state index in [1.54, 1.807) is 12.3 Å². The Morgan fingerprint density at radius 3 is 2.81 bits per heavy atom. The molecule has 2 aromatic heterocycles. The normalized spacial score (nSPS) is 15.9. The number of aliphatic imine (C=N–C) groups is 1. The molecule has 0 amide bonds. The summed E-state index contributed by atoms with van der Waals surface area (Å²) in [5.74, 6) is 1.59. The minimum absolute atomic E-state index is 0.257. The van der Waals surface area contributed by atoms with Crippen LogP contribution in [0.4, 0.5) is 11.6 Å². The zero-order valence-corrected chi connectivity index (χ0v) is 17.0. The van der Waals surface area contributed by atoms with Crippen LogP contribution >= 0.6 is 0 Å². The minimum Gasteiger partial charge on any atom is -0.463 e. The van der Waals surface area contributed by atoms with Gasteiger partial charge in [-0.05, 0) is 18.6 Å². The second-order valence-corrected chi connectivity index (χ2v) is 13.6. The van der Waals surface area contributed by atoms with Crippen molar-refractivity contribution in [3.05, 3.63) is 36.7 Å². The van der Waals surface area contributed by atoms with E-state index in [2.05, 4.69) is 41.5 Å². The molecule has 26 heavy (non-hydrogen) atoms. The highest BCUT2D eigenvalue weighted by atomic mass is 28.3. The van der Waals surface area contributed by atoms with Crippen LogP contribution < -0.4 is 5.32 Å². The second-order valence-electron chi connectivity index (χ2n) is 7.97. The highest BCUT2D eigenvalue weighted by Gasteiger charge is 2.27. The first-order chi connectivity index (χ1) is 12.5. The van der Waals surface area contributed by atoms with Gasteiger partial charge in [0.2, 0.25) is 5.95 Å². The lowest BCUT2D eigenvalue weighted by atomic mass is 9.99. The number of unbranched alkanes of at least 4 members (excludes halogenated alkanes) is 1. The number of aromatic nitrogens is 2. The molecule has 3 rings (SSSR count). The third kappa shape index (κ3) is 4.49. The van der Waals surface area contributed by atoms with E-state index in [0.29, 0.717) is 12.5 Å². The zero-order valence-electron chi connectivity index (χ0n) is 16.0. The first kappa shape index (κ1) is 18.6. The van der Waals surface area contributed by atoms with Gasteiger partial charge in [0, 0.05) is 26.8 Å². The van der Waals surface area contributed by atoms with Gasteiger partial charge in [-0.2, -0.15) is 0 Å². The van der Waals surface area contributed by atoms with E-state index in [0.717, 1.165) is 29.3 Å². The first-order valence-electron chi connectivity index (χ1n) is 9.33. The molecule has 1 aliphatic rings. The topological polar surface area (TPSA) is 63.3 Å². The van der Waals surface area contributed by atoms with Crippen molar-refractivity contribution < 1.29 is 4.42 Å². The zero-order chi connectivity index (χ0) is 18.6. The molecule has 0 saturated carbocycles. The van der Waals surface area contributed by atoms with Gasteiger partial charge in [-0.3, -0.25) is 4.99 Å². The Morgan fingerprint density at radius 2 is 2.12 bits per heavy atom. The molecule has 5 nitrogen and oxygen atoms in total. The Morgan fingerprint density at radius 1 is 1.27 bits per heavy atom. The molecule has 0 aromatic carbocycles. The molecule has 0 radical (unpaired) electrons. The van der Waals surface area contributed by atoms with Crippen molar-refractivity contribution >= 4 is 25.9 Å². The first-order valence-corrected chi connectivity index (χ1v) is 13.0. The molecule has 0 aliphatic carbocycles. The number of nitrogens with one attached hydrogen (secondary N) is 1. The molecule has 0 spiro atoms. The van der Waals surface area contributed by atoms with Crippen LogP contribution in [0, 0.1) is 0 Å². The Kier molecular flexibility index (Phi) is 5.71. The monoisotopic (exact) mass is 368 g/mol. The van der Waals surface area contributed by atoms with Gasteiger partial charge in [-0.15, -0.1) is 6.58 Å². The van der Waals surface area contributed by atoms with Crippen LogP contribution in [0.2, 0.25) is 25.7 Å². The van der Waals surface area contributed by atoms with Gasteiger partial charge < -0.3 is 9.73 Å². The highest BCUT2D eigenvalue weighted by Crippen LogP contribution is 2.41. The number of rotatable bonds is 9. The number of hydrogen-bond donors (Lipinski definition) is 1. The summed E-state index contributed by atoms with van der Waals surface area (Å²) in [5.41, 5.74) is 2.61. The van der Waals surface area contributed by atoms with E-state index in [1.165, 1.54) is 18.9 Å². The average Bonchev–Trinajstić information content (AvgIpc) is 3.25. The quantitative estimate of drug-likeness (QED) is 0.353. The maximum Gasteiger partial charge on any atom is 0.223 e. The van der Waals surface area contributed by atoms with E-state index in [4.69, 9.17) is 9.40 Å². The summed E-state index contributed by atoms with van der Waals surface area (Å²) in [6.45, 7) is 11.7. The lowest BCUT2D eigenvalue weighted by Gasteiger charge is -2.16. The van der Waals surface area contributed by atoms with Gasteiger partial charge in [-0.1, -0.05) is 44.6 Å². The third-order valence-electron chi connectivity index (χ3n) is 4.50. The van der Waals surface area contributed by atoms with Gasteiger partial charge in [0.25, 0.3) is 0 Å². The van der Waals surface area contributed by atoms with E-state index >= 15 is 0 Å². The molecular formula is C20H28N4OSi. The Labute approximate surface area is 156 Å². The fourth-order valence-corrected chi connectivity index (χ4v) is 4.46. The molecule has 1 atom stereocenters. The van der Waals surface area contributed by atoms with Crippen LogP contribution in [-0.4, -0.2) is 30.8 Å². The SMILES string of the molecule is C=CCNc1nc(-c2ccco2)c2c(n1)C(CCCC[Si](C)(C)C)C=N2. The number of hydrogen-bond acceptors (Lipinski definition) is 5. The Bertz CT molecular complexity index is 778. The van der Waals surface area contributed by atoms with Crippen molar-refractivity contribution in [1.82, 2.24) is 9.97 Å². The van der Waals surface area contributed by atoms with Crippen LogP contribution in [0.25, 0.3) is 11.5 Å². The summed E-state index contributed by atoms with van der Waals surface area (Å²) in [5, 5.41) is 3.20.